The molecule has 0 unspecified atom stereocenters. The molecular formula is C23H36O13. The zero-order valence-corrected chi connectivity index (χ0v) is 20.4. The van der Waals surface area contributed by atoms with E-state index in [0.717, 1.165) is 6.92 Å². The van der Waals surface area contributed by atoms with Crippen molar-refractivity contribution in [2.24, 2.45) is 17.8 Å². The highest BCUT2D eigenvalue weighted by Crippen LogP contribution is 2.49. The molecule has 0 spiro atoms. The maximum absolute atomic E-state index is 12.5. The van der Waals surface area contributed by atoms with Crippen molar-refractivity contribution in [3.63, 3.8) is 0 Å². The van der Waals surface area contributed by atoms with Crippen molar-refractivity contribution in [1.29, 1.82) is 0 Å². The molecule has 2 aliphatic heterocycles. The topological polar surface area (TPSA) is 202 Å². The predicted octanol–water partition coefficient (Wildman–Crippen LogP) is -2.08. The normalized spacial score (nSPS) is 41.0. The van der Waals surface area contributed by atoms with Gasteiger partial charge in [0, 0.05) is 12.8 Å². The van der Waals surface area contributed by atoms with Gasteiger partial charge >= 0.3 is 11.9 Å². The summed E-state index contributed by atoms with van der Waals surface area (Å²) in [6.07, 6.45) is -8.26. The fraction of sp³-hybridized carbons (Fsp3) is 0.826. The quantitative estimate of drug-likeness (QED) is 0.181. The summed E-state index contributed by atoms with van der Waals surface area (Å²) in [7, 11) is 0. The minimum absolute atomic E-state index is 0.00690. The summed E-state index contributed by atoms with van der Waals surface area (Å²) in [4.78, 5) is 23.9. The van der Waals surface area contributed by atoms with Gasteiger partial charge in [0.25, 0.3) is 0 Å². The molecule has 3 aliphatic rings. The van der Waals surface area contributed by atoms with Crippen LogP contribution >= 0.6 is 0 Å². The number of hydrogen-bond donors (Lipinski definition) is 6. The summed E-state index contributed by atoms with van der Waals surface area (Å²) in [5, 5.41) is 61.6. The van der Waals surface area contributed by atoms with Gasteiger partial charge in [-0.3, -0.25) is 9.59 Å². The van der Waals surface area contributed by atoms with Gasteiger partial charge in [-0.2, -0.15) is 0 Å². The van der Waals surface area contributed by atoms with Gasteiger partial charge in [0.1, 0.15) is 36.6 Å². The number of ether oxygens (including phenoxy) is 5. The van der Waals surface area contributed by atoms with Crippen LogP contribution in [0.3, 0.4) is 0 Å². The fourth-order valence-electron chi connectivity index (χ4n) is 4.73. The maximum Gasteiger partial charge on any atom is 0.311 e. The Labute approximate surface area is 208 Å². The lowest BCUT2D eigenvalue weighted by Gasteiger charge is -2.41. The van der Waals surface area contributed by atoms with Gasteiger partial charge in [0.2, 0.25) is 6.29 Å². The van der Waals surface area contributed by atoms with Crippen LogP contribution in [-0.4, -0.2) is 111 Å². The zero-order chi connectivity index (χ0) is 26.8. The first kappa shape index (κ1) is 28.7. The summed E-state index contributed by atoms with van der Waals surface area (Å²) >= 11 is 0. The molecule has 0 aromatic rings. The number of rotatable bonds is 9. The van der Waals surface area contributed by atoms with E-state index in [0.29, 0.717) is 12.0 Å². The highest BCUT2D eigenvalue weighted by Gasteiger charge is 2.61. The van der Waals surface area contributed by atoms with Crippen LogP contribution < -0.4 is 0 Å². The summed E-state index contributed by atoms with van der Waals surface area (Å²) in [5.41, 5.74) is -1.59. The molecule has 11 atom stereocenters. The lowest BCUT2D eigenvalue weighted by Crippen LogP contribution is -2.59. The predicted molar refractivity (Wildman–Crippen MR) is 117 cm³/mol. The lowest BCUT2D eigenvalue weighted by molar-refractivity contribution is -0.299. The van der Waals surface area contributed by atoms with Crippen LogP contribution in [0.1, 0.15) is 33.6 Å². The van der Waals surface area contributed by atoms with Crippen molar-refractivity contribution in [2.45, 2.75) is 82.3 Å². The Morgan fingerprint density at radius 3 is 2.47 bits per heavy atom. The van der Waals surface area contributed by atoms with Crippen LogP contribution in [0.5, 0.6) is 0 Å². The van der Waals surface area contributed by atoms with Gasteiger partial charge in [-0.05, 0) is 18.4 Å². The first-order chi connectivity index (χ1) is 16.9. The van der Waals surface area contributed by atoms with E-state index in [2.05, 4.69) is 0 Å². The van der Waals surface area contributed by atoms with E-state index in [4.69, 9.17) is 23.7 Å². The van der Waals surface area contributed by atoms with Gasteiger partial charge in [0.05, 0.1) is 37.4 Å². The number of aliphatic hydroxyl groups is 6. The van der Waals surface area contributed by atoms with Gasteiger partial charge in [-0.1, -0.05) is 13.8 Å². The molecule has 1 saturated carbocycles. The van der Waals surface area contributed by atoms with Crippen molar-refractivity contribution in [2.75, 3.05) is 19.8 Å². The highest BCUT2D eigenvalue weighted by molar-refractivity contribution is 5.72. The molecule has 0 amide bonds. The van der Waals surface area contributed by atoms with Gasteiger partial charge in [-0.25, -0.2) is 0 Å². The molecule has 1 saturated heterocycles. The third kappa shape index (κ3) is 5.68. The standard InChI is InChI=1S/C23H36O13/c1-4-10(2)20(30)36-21-16-13(5-15(26)23(16,31)9-34-11(3)25)12(7-32-21)8-33-22-19(29)18(28)17(27)14(6-24)35-22/h7,10,13-19,21-22,24,26-29,31H,4-6,8-9H2,1-3H3/t10-,13-,14-,15+,16-,17-,18+,19-,21+,22-,23-/m1/s1. The molecule has 2 heterocycles. The molecule has 2 fully saturated rings. The average molecular weight is 521 g/mol. The summed E-state index contributed by atoms with van der Waals surface area (Å²) in [5.74, 6) is -3.36. The number of fused-ring (bicyclic) bond motifs is 1. The molecule has 1 aliphatic carbocycles. The molecular weight excluding hydrogens is 484 g/mol. The van der Waals surface area contributed by atoms with Gasteiger partial charge in [0.15, 0.2) is 6.29 Å². The van der Waals surface area contributed by atoms with Crippen LogP contribution in [0.2, 0.25) is 0 Å². The van der Waals surface area contributed by atoms with E-state index < -0.39 is 91.6 Å². The summed E-state index contributed by atoms with van der Waals surface area (Å²) in [6.45, 7) is 3.19. The lowest BCUT2D eigenvalue weighted by atomic mass is 9.80. The number of carbonyl (C=O) groups is 2. The van der Waals surface area contributed by atoms with Crippen molar-refractivity contribution in [3.05, 3.63) is 11.8 Å². The second kappa shape index (κ2) is 11.7. The molecule has 3 rings (SSSR count). The van der Waals surface area contributed by atoms with Crippen LogP contribution in [0, 0.1) is 17.8 Å². The van der Waals surface area contributed by atoms with Crippen LogP contribution in [0.15, 0.2) is 11.8 Å². The molecule has 13 heteroatoms. The van der Waals surface area contributed by atoms with Gasteiger partial charge < -0.3 is 54.3 Å². The molecule has 0 aromatic heterocycles. The van der Waals surface area contributed by atoms with Crippen LogP contribution in [-0.2, 0) is 33.3 Å². The third-order valence-electron chi connectivity index (χ3n) is 7.20. The van der Waals surface area contributed by atoms with E-state index in [1.165, 1.54) is 6.26 Å². The minimum atomic E-state index is -2.00. The highest BCUT2D eigenvalue weighted by atomic mass is 16.7. The van der Waals surface area contributed by atoms with E-state index in [-0.39, 0.29) is 13.0 Å². The summed E-state index contributed by atoms with van der Waals surface area (Å²) < 4.78 is 27.1. The molecule has 206 valence electrons. The number of hydrogen-bond acceptors (Lipinski definition) is 13. The maximum atomic E-state index is 12.5. The monoisotopic (exact) mass is 520 g/mol. The van der Waals surface area contributed by atoms with E-state index in [1.54, 1.807) is 13.8 Å². The number of carbonyl (C=O) groups excluding carboxylic acids is 2. The first-order valence-corrected chi connectivity index (χ1v) is 11.9. The Kier molecular flexibility index (Phi) is 9.33. The molecule has 0 radical (unpaired) electrons. The average Bonchev–Trinajstić information content (AvgIpc) is 3.12. The largest absolute Gasteiger partial charge is 0.463 e. The minimum Gasteiger partial charge on any atom is -0.463 e. The van der Waals surface area contributed by atoms with E-state index in [9.17, 15) is 40.2 Å². The van der Waals surface area contributed by atoms with Crippen molar-refractivity contribution in [1.82, 2.24) is 0 Å². The molecule has 0 bridgehead atoms. The van der Waals surface area contributed by atoms with Gasteiger partial charge in [-0.15, -0.1) is 0 Å². The van der Waals surface area contributed by atoms with Crippen molar-refractivity contribution in [3.8, 4) is 0 Å². The SMILES string of the molecule is CC[C@@H](C)C(=O)O[C@@H]1OC=C(CO[C@@H]2O[C@H](CO)[C@@H](O)[C@H](O)[C@H]2O)[C@H]2C[C@H](O)[C@](O)(COC(C)=O)[C@@H]12. The molecule has 13 nitrogen and oxygen atoms in total. The number of aliphatic hydroxyl groups excluding tert-OH is 5. The Morgan fingerprint density at radius 1 is 1.17 bits per heavy atom. The molecule has 36 heavy (non-hydrogen) atoms. The Bertz CT molecular complexity index is 816. The summed E-state index contributed by atoms with van der Waals surface area (Å²) in [6, 6.07) is 0. The smallest absolute Gasteiger partial charge is 0.311 e. The Balaban J connectivity index is 1.81. The Morgan fingerprint density at radius 2 is 1.86 bits per heavy atom. The molecule has 6 N–H and O–H groups in total. The second-order valence-corrected chi connectivity index (χ2v) is 9.61. The fourth-order valence-corrected chi connectivity index (χ4v) is 4.73. The third-order valence-corrected chi connectivity index (χ3v) is 7.20. The first-order valence-electron chi connectivity index (χ1n) is 11.9. The van der Waals surface area contributed by atoms with Crippen molar-refractivity contribution < 1.29 is 63.9 Å². The zero-order valence-electron chi connectivity index (χ0n) is 20.4. The number of esters is 2. The Hall–Kier alpha value is -1.84. The van der Waals surface area contributed by atoms with Crippen LogP contribution in [0.25, 0.3) is 0 Å². The molecule has 0 aromatic carbocycles. The second-order valence-electron chi connectivity index (χ2n) is 9.61. The van der Waals surface area contributed by atoms with Crippen LogP contribution in [0.4, 0.5) is 0 Å². The van der Waals surface area contributed by atoms with E-state index >= 15 is 0 Å². The van der Waals surface area contributed by atoms with Crippen molar-refractivity contribution >= 4 is 11.9 Å². The van der Waals surface area contributed by atoms with E-state index in [1.807, 2.05) is 0 Å².